The minimum atomic E-state index is -0.274. The van der Waals surface area contributed by atoms with Crippen LogP contribution in [0.1, 0.15) is 23.5 Å². The Labute approximate surface area is 96.6 Å². The molecule has 1 heterocycles. The fourth-order valence-corrected chi connectivity index (χ4v) is 2.60. The molecule has 1 aromatic rings. The van der Waals surface area contributed by atoms with E-state index in [-0.39, 0.29) is 17.5 Å². The Hall–Kier alpha value is -0.610. The van der Waals surface area contributed by atoms with Crippen molar-refractivity contribution in [3.63, 3.8) is 0 Å². The van der Waals surface area contributed by atoms with Crippen LogP contribution in [-0.4, -0.2) is 18.2 Å². The lowest BCUT2D eigenvalue weighted by molar-refractivity contribution is 0.446. The van der Waals surface area contributed by atoms with E-state index in [1.54, 1.807) is 13.0 Å². The largest absolute Gasteiger partial charge is 0.506 e. The maximum absolute atomic E-state index is 13.9. The van der Waals surface area contributed by atoms with Gasteiger partial charge in [-0.05, 0) is 47.4 Å². The number of hydrogen-bond acceptors (Lipinski definition) is 2. The molecule has 0 radical (unpaired) electrons. The van der Waals surface area contributed by atoms with Crippen LogP contribution in [0.3, 0.4) is 0 Å². The summed E-state index contributed by atoms with van der Waals surface area (Å²) < 4.78 is 14.5. The Bertz CT molecular complexity index is 362. The molecule has 0 aliphatic carbocycles. The number of aromatic hydroxyl groups is 1. The molecular formula is C11H13BrFNO. The Balaban J connectivity index is 2.52. The highest BCUT2D eigenvalue weighted by Gasteiger charge is 2.25. The Morgan fingerprint density at radius 3 is 2.93 bits per heavy atom. The molecule has 1 saturated heterocycles. The van der Waals surface area contributed by atoms with Crippen molar-refractivity contribution >= 4 is 15.9 Å². The molecule has 82 valence electrons. The molecule has 1 aliphatic heterocycles. The summed E-state index contributed by atoms with van der Waals surface area (Å²) in [5.74, 6) is -0.141. The van der Waals surface area contributed by atoms with Crippen LogP contribution in [0.2, 0.25) is 0 Å². The van der Waals surface area contributed by atoms with Crippen LogP contribution in [0.15, 0.2) is 10.5 Å². The number of benzene rings is 1. The summed E-state index contributed by atoms with van der Waals surface area (Å²) in [6, 6.07) is 1.61. The highest BCUT2D eigenvalue weighted by Crippen LogP contribution is 2.38. The summed E-state index contributed by atoms with van der Waals surface area (Å²) in [6.45, 7) is 3.33. The van der Waals surface area contributed by atoms with Gasteiger partial charge in [0.15, 0.2) is 0 Å². The monoisotopic (exact) mass is 273 g/mol. The fourth-order valence-electron chi connectivity index (χ4n) is 2.04. The van der Waals surface area contributed by atoms with Crippen molar-refractivity contribution in [2.24, 2.45) is 0 Å². The molecule has 0 bridgehead atoms. The molecule has 2 N–H and O–H groups in total. The maximum Gasteiger partial charge on any atom is 0.136 e. The van der Waals surface area contributed by atoms with Gasteiger partial charge < -0.3 is 10.4 Å². The van der Waals surface area contributed by atoms with E-state index in [1.165, 1.54) is 0 Å². The van der Waals surface area contributed by atoms with E-state index in [9.17, 15) is 9.50 Å². The topological polar surface area (TPSA) is 32.3 Å². The molecule has 1 aromatic carbocycles. The minimum Gasteiger partial charge on any atom is -0.506 e. The van der Waals surface area contributed by atoms with Gasteiger partial charge in [0.1, 0.15) is 11.6 Å². The summed E-state index contributed by atoms with van der Waals surface area (Å²) in [5.41, 5.74) is 1.02. The van der Waals surface area contributed by atoms with Crippen molar-refractivity contribution in [1.29, 1.82) is 0 Å². The molecule has 15 heavy (non-hydrogen) atoms. The number of halogens is 2. The van der Waals surface area contributed by atoms with Crippen LogP contribution >= 0.6 is 15.9 Å². The molecule has 1 fully saturated rings. The highest BCUT2D eigenvalue weighted by molar-refractivity contribution is 9.10. The van der Waals surface area contributed by atoms with Crippen LogP contribution < -0.4 is 5.32 Å². The average molecular weight is 274 g/mol. The fraction of sp³-hybridized carbons (Fsp3) is 0.455. The first-order valence-electron chi connectivity index (χ1n) is 4.99. The molecule has 0 spiro atoms. The number of hydrogen-bond donors (Lipinski definition) is 2. The van der Waals surface area contributed by atoms with Crippen molar-refractivity contribution in [3.8, 4) is 5.75 Å². The van der Waals surface area contributed by atoms with E-state index in [0.29, 0.717) is 15.6 Å². The maximum atomic E-state index is 13.9. The summed E-state index contributed by atoms with van der Waals surface area (Å²) in [7, 11) is 0. The Morgan fingerprint density at radius 1 is 1.60 bits per heavy atom. The lowest BCUT2D eigenvalue weighted by Gasteiger charge is -2.15. The van der Waals surface area contributed by atoms with Crippen molar-refractivity contribution < 1.29 is 9.50 Å². The van der Waals surface area contributed by atoms with Gasteiger partial charge in [-0.15, -0.1) is 0 Å². The lowest BCUT2D eigenvalue weighted by Crippen LogP contribution is -2.09. The molecule has 2 rings (SSSR count). The second-order valence-electron chi connectivity index (χ2n) is 3.94. The van der Waals surface area contributed by atoms with Gasteiger partial charge in [-0.3, -0.25) is 0 Å². The van der Waals surface area contributed by atoms with Crippen molar-refractivity contribution in [2.45, 2.75) is 19.3 Å². The molecule has 2 nitrogen and oxygen atoms in total. The van der Waals surface area contributed by atoms with E-state index in [4.69, 9.17) is 0 Å². The predicted molar refractivity (Wildman–Crippen MR) is 60.7 cm³/mol. The smallest absolute Gasteiger partial charge is 0.136 e. The summed E-state index contributed by atoms with van der Waals surface area (Å²) in [4.78, 5) is 0. The average Bonchev–Trinajstić information content (AvgIpc) is 2.69. The SMILES string of the molecule is Cc1cc(Br)c(O)c(C2CCNC2)c1F. The number of phenols is 1. The van der Waals surface area contributed by atoms with Crippen molar-refractivity contribution in [1.82, 2.24) is 5.32 Å². The van der Waals surface area contributed by atoms with Crippen LogP contribution in [0.4, 0.5) is 4.39 Å². The molecule has 0 aromatic heterocycles. The van der Waals surface area contributed by atoms with E-state index >= 15 is 0 Å². The van der Waals surface area contributed by atoms with Gasteiger partial charge in [-0.2, -0.15) is 0 Å². The van der Waals surface area contributed by atoms with Gasteiger partial charge in [-0.25, -0.2) is 4.39 Å². The van der Waals surface area contributed by atoms with Crippen LogP contribution in [-0.2, 0) is 0 Å². The van der Waals surface area contributed by atoms with E-state index in [1.807, 2.05) is 0 Å². The third-order valence-electron chi connectivity index (χ3n) is 2.88. The first-order valence-corrected chi connectivity index (χ1v) is 5.78. The number of rotatable bonds is 1. The van der Waals surface area contributed by atoms with Gasteiger partial charge in [0.2, 0.25) is 0 Å². The predicted octanol–water partition coefficient (Wildman–Crippen LogP) is 2.68. The second-order valence-corrected chi connectivity index (χ2v) is 4.80. The zero-order valence-electron chi connectivity index (χ0n) is 8.48. The zero-order chi connectivity index (χ0) is 11.0. The van der Waals surface area contributed by atoms with Crippen LogP contribution in [0, 0.1) is 12.7 Å². The molecule has 0 saturated carbocycles. The van der Waals surface area contributed by atoms with Crippen molar-refractivity contribution in [3.05, 3.63) is 27.5 Å². The normalized spacial score (nSPS) is 20.9. The molecule has 1 unspecified atom stereocenters. The van der Waals surface area contributed by atoms with Gasteiger partial charge in [-0.1, -0.05) is 0 Å². The number of nitrogens with one attached hydrogen (secondary N) is 1. The molecular weight excluding hydrogens is 261 g/mol. The van der Waals surface area contributed by atoms with Gasteiger partial charge >= 0.3 is 0 Å². The molecule has 0 amide bonds. The number of aryl methyl sites for hydroxylation is 1. The standard InChI is InChI=1S/C11H13BrFNO/c1-6-4-8(12)11(15)9(10(6)13)7-2-3-14-5-7/h4,7,14-15H,2-3,5H2,1H3. The van der Waals surface area contributed by atoms with Gasteiger partial charge in [0.05, 0.1) is 4.47 Å². The van der Waals surface area contributed by atoms with Crippen LogP contribution in [0.5, 0.6) is 5.75 Å². The Kier molecular flexibility index (Phi) is 2.98. The summed E-state index contributed by atoms with van der Waals surface area (Å²) >= 11 is 3.24. The first kappa shape index (κ1) is 10.9. The summed E-state index contributed by atoms with van der Waals surface area (Å²) in [6.07, 6.45) is 0.875. The van der Waals surface area contributed by atoms with Crippen LogP contribution in [0.25, 0.3) is 0 Å². The van der Waals surface area contributed by atoms with Gasteiger partial charge in [0.25, 0.3) is 0 Å². The van der Waals surface area contributed by atoms with E-state index in [2.05, 4.69) is 21.2 Å². The Morgan fingerprint density at radius 2 is 2.33 bits per heavy atom. The minimum absolute atomic E-state index is 0.0480. The lowest BCUT2D eigenvalue weighted by atomic mass is 9.95. The van der Waals surface area contributed by atoms with E-state index < -0.39 is 0 Å². The zero-order valence-corrected chi connectivity index (χ0v) is 10.1. The molecule has 1 aliphatic rings. The third-order valence-corrected chi connectivity index (χ3v) is 3.48. The summed E-state index contributed by atoms with van der Waals surface area (Å²) in [5, 5.41) is 13.0. The third kappa shape index (κ3) is 1.88. The second kappa shape index (κ2) is 4.10. The number of phenolic OH excluding ortho intramolecular Hbond substituents is 1. The van der Waals surface area contributed by atoms with E-state index in [0.717, 1.165) is 19.5 Å². The van der Waals surface area contributed by atoms with Gasteiger partial charge in [0, 0.05) is 18.0 Å². The highest BCUT2D eigenvalue weighted by atomic mass is 79.9. The first-order chi connectivity index (χ1) is 7.11. The quantitative estimate of drug-likeness (QED) is 0.825. The molecule has 1 atom stereocenters. The van der Waals surface area contributed by atoms with Crippen molar-refractivity contribution in [2.75, 3.05) is 13.1 Å². The molecule has 4 heteroatoms.